The first-order valence-corrected chi connectivity index (χ1v) is 3.90. The monoisotopic (exact) mass is 180 g/mol. The smallest absolute Gasteiger partial charge is 0.428 e. The SMILES string of the molecule is CNN(C(=O)OC)c1ccccc1. The molecule has 0 aromatic heterocycles. The van der Waals surface area contributed by atoms with Gasteiger partial charge in [0.15, 0.2) is 0 Å². The Morgan fingerprint density at radius 2 is 2.00 bits per heavy atom. The van der Waals surface area contributed by atoms with E-state index in [0.29, 0.717) is 0 Å². The topological polar surface area (TPSA) is 41.6 Å². The van der Waals surface area contributed by atoms with Crippen molar-refractivity contribution in [2.24, 2.45) is 0 Å². The van der Waals surface area contributed by atoms with E-state index in [1.54, 1.807) is 7.05 Å². The van der Waals surface area contributed by atoms with E-state index in [1.165, 1.54) is 12.1 Å². The molecule has 0 bridgehead atoms. The van der Waals surface area contributed by atoms with Crippen LogP contribution in [0, 0.1) is 0 Å². The standard InChI is InChI=1S/C9H12N2O2/c1-10-11(9(12)13-2)8-6-4-3-5-7-8/h3-7,10H,1-2H3. The summed E-state index contributed by atoms with van der Waals surface area (Å²) in [7, 11) is 3.00. The number of hydrogen-bond donors (Lipinski definition) is 1. The number of amides is 1. The van der Waals surface area contributed by atoms with Crippen LogP contribution in [0.5, 0.6) is 0 Å². The van der Waals surface area contributed by atoms with E-state index in [1.807, 2.05) is 30.3 Å². The summed E-state index contributed by atoms with van der Waals surface area (Å²) < 4.78 is 4.58. The molecule has 1 N–H and O–H groups in total. The maximum atomic E-state index is 11.2. The Balaban J connectivity index is 2.85. The van der Waals surface area contributed by atoms with Crippen LogP contribution in [0.2, 0.25) is 0 Å². The first-order valence-electron chi connectivity index (χ1n) is 3.90. The third kappa shape index (κ3) is 2.19. The molecule has 0 saturated heterocycles. The van der Waals surface area contributed by atoms with Gasteiger partial charge in [0, 0.05) is 7.05 Å². The lowest BCUT2D eigenvalue weighted by Crippen LogP contribution is -2.40. The molecule has 0 aliphatic rings. The summed E-state index contributed by atoms with van der Waals surface area (Å²) in [5.41, 5.74) is 3.47. The van der Waals surface area contributed by atoms with Crippen LogP contribution in [0.4, 0.5) is 10.5 Å². The van der Waals surface area contributed by atoms with Crippen LogP contribution in [-0.4, -0.2) is 20.3 Å². The fourth-order valence-electron chi connectivity index (χ4n) is 0.994. The van der Waals surface area contributed by atoms with Crippen molar-refractivity contribution in [3.8, 4) is 0 Å². The van der Waals surface area contributed by atoms with Crippen LogP contribution in [0.1, 0.15) is 0 Å². The Hall–Kier alpha value is -1.55. The highest BCUT2D eigenvalue weighted by Gasteiger charge is 2.12. The summed E-state index contributed by atoms with van der Waals surface area (Å²) in [5, 5.41) is 1.32. The van der Waals surface area contributed by atoms with E-state index in [4.69, 9.17) is 0 Å². The van der Waals surface area contributed by atoms with Crippen molar-refractivity contribution in [2.45, 2.75) is 0 Å². The third-order valence-electron chi connectivity index (χ3n) is 1.60. The summed E-state index contributed by atoms with van der Waals surface area (Å²) >= 11 is 0. The molecule has 0 aliphatic heterocycles. The average Bonchev–Trinajstić information content (AvgIpc) is 2.20. The molecular weight excluding hydrogens is 168 g/mol. The van der Waals surface area contributed by atoms with Gasteiger partial charge in [0.25, 0.3) is 0 Å². The lowest BCUT2D eigenvalue weighted by atomic mass is 10.3. The Morgan fingerprint density at radius 1 is 1.38 bits per heavy atom. The molecule has 1 rings (SSSR count). The van der Waals surface area contributed by atoms with Crippen molar-refractivity contribution >= 4 is 11.8 Å². The molecule has 0 spiro atoms. The number of carbonyl (C=O) groups is 1. The molecule has 70 valence electrons. The van der Waals surface area contributed by atoms with Gasteiger partial charge in [-0.05, 0) is 12.1 Å². The summed E-state index contributed by atoms with van der Waals surface area (Å²) in [6.45, 7) is 0. The molecule has 1 amide bonds. The molecule has 1 aromatic carbocycles. The van der Waals surface area contributed by atoms with Gasteiger partial charge in [-0.3, -0.25) is 0 Å². The number of rotatable bonds is 2. The minimum Gasteiger partial charge on any atom is -0.452 e. The second kappa shape index (κ2) is 4.47. The normalized spacial score (nSPS) is 9.38. The number of ether oxygens (including phenoxy) is 1. The largest absolute Gasteiger partial charge is 0.452 e. The third-order valence-corrected chi connectivity index (χ3v) is 1.60. The number of anilines is 1. The summed E-state index contributed by atoms with van der Waals surface area (Å²) in [4.78, 5) is 11.2. The van der Waals surface area contributed by atoms with Gasteiger partial charge in [0.05, 0.1) is 12.8 Å². The number of carbonyl (C=O) groups excluding carboxylic acids is 1. The van der Waals surface area contributed by atoms with Gasteiger partial charge in [-0.1, -0.05) is 18.2 Å². The predicted octanol–water partition coefficient (Wildman–Crippen LogP) is 1.39. The molecule has 0 atom stereocenters. The van der Waals surface area contributed by atoms with Crippen LogP contribution < -0.4 is 10.4 Å². The number of methoxy groups -OCH3 is 1. The van der Waals surface area contributed by atoms with Crippen molar-refractivity contribution in [3.63, 3.8) is 0 Å². The number of para-hydroxylation sites is 1. The van der Waals surface area contributed by atoms with Gasteiger partial charge in [-0.2, -0.15) is 0 Å². The highest BCUT2D eigenvalue weighted by atomic mass is 16.5. The number of nitrogens with zero attached hydrogens (tertiary/aromatic N) is 1. The molecule has 0 heterocycles. The van der Waals surface area contributed by atoms with Gasteiger partial charge in [0.2, 0.25) is 0 Å². The summed E-state index contributed by atoms with van der Waals surface area (Å²) in [5.74, 6) is 0. The van der Waals surface area contributed by atoms with E-state index >= 15 is 0 Å². The maximum absolute atomic E-state index is 11.2. The molecule has 4 heteroatoms. The van der Waals surface area contributed by atoms with Crippen molar-refractivity contribution < 1.29 is 9.53 Å². The van der Waals surface area contributed by atoms with E-state index in [-0.39, 0.29) is 0 Å². The lowest BCUT2D eigenvalue weighted by molar-refractivity contribution is 0.176. The van der Waals surface area contributed by atoms with Crippen molar-refractivity contribution in [2.75, 3.05) is 19.2 Å². The number of hydrogen-bond acceptors (Lipinski definition) is 3. The van der Waals surface area contributed by atoms with Gasteiger partial charge in [0.1, 0.15) is 0 Å². The molecule has 0 aliphatic carbocycles. The average molecular weight is 180 g/mol. The van der Waals surface area contributed by atoms with Gasteiger partial charge in [-0.15, -0.1) is 0 Å². The Kier molecular flexibility index (Phi) is 3.28. The van der Waals surface area contributed by atoms with E-state index in [2.05, 4.69) is 10.2 Å². The van der Waals surface area contributed by atoms with Gasteiger partial charge < -0.3 is 4.74 Å². The molecule has 1 aromatic rings. The molecule has 0 radical (unpaired) electrons. The van der Waals surface area contributed by atoms with Crippen LogP contribution in [0.15, 0.2) is 30.3 Å². The number of hydrazine groups is 1. The zero-order valence-corrected chi connectivity index (χ0v) is 7.65. The molecule has 0 fully saturated rings. The number of benzene rings is 1. The van der Waals surface area contributed by atoms with Gasteiger partial charge in [-0.25, -0.2) is 15.2 Å². The van der Waals surface area contributed by atoms with Crippen LogP contribution in [0.3, 0.4) is 0 Å². The van der Waals surface area contributed by atoms with Crippen molar-refractivity contribution in [1.82, 2.24) is 5.43 Å². The summed E-state index contributed by atoms with van der Waals surface area (Å²) in [6.07, 6.45) is -0.436. The number of nitrogens with one attached hydrogen (secondary N) is 1. The predicted molar refractivity (Wildman–Crippen MR) is 50.4 cm³/mol. The highest BCUT2D eigenvalue weighted by Crippen LogP contribution is 2.10. The maximum Gasteiger partial charge on any atom is 0.428 e. The quantitative estimate of drug-likeness (QED) is 0.699. The van der Waals surface area contributed by atoms with Crippen LogP contribution >= 0.6 is 0 Å². The highest BCUT2D eigenvalue weighted by molar-refractivity contribution is 5.86. The molecule has 0 saturated carbocycles. The minimum absolute atomic E-state index is 0.436. The van der Waals surface area contributed by atoms with Crippen molar-refractivity contribution in [1.29, 1.82) is 0 Å². The van der Waals surface area contributed by atoms with E-state index in [0.717, 1.165) is 5.69 Å². The molecule has 4 nitrogen and oxygen atoms in total. The fraction of sp³-hybridized carbons (Fsp3) is 0.222. The first kappa shape index (κ1) is 9.54. The van der Waals surface area contributed by atoms with Crippen molar-refractivity contribution in [3.05, 3.63) is 30.3 Å². The summed E-state index contributed by atoms with van der Waals surface area (Å²) in [6, 6.07) is 9.21. The zero-order valence-electron chi connectivity index (χ0n) is 7.65. The fourth-order valence-corrected chi connectivity index (χ4v) is 0.994. The zero-order chi connectivity index (χ0) is 9.68. The lowest BCUT2D eigenvalue weighted by Gasteiger charge is -2.19. The minimum atomic E-state index is -0.436. The molecule has 0 unspecified atom stereocenters. The Morgan fingerprint density at radius 3 is 2.46 bits per heavy atom. The first-order chi connectivity index (χ1) is 6.29. The second-order valence-electron chi connectivity index (χ2n) is 2.36. The second-order valence-corrected chi connectivity index (χ2v) is 2.36. The molecular formula is C9H12N2O2. The van der Waals surface area contributed by atoms with Crippen LogP contribution in [0.25, 0.3) is 0 Å². The van der Waals surface area contributed by atoms with E-state index < -0.39 is 6.09 Å². The van der Waals surface area contributed by atoms with Crippen LogP contribution in [-0.2, 0) is 4.74 Å². The van der Waals surface area contributed by atoms with E-state index in [9.17, 15) is 4.79 Å². The van der Waals surface area contributed by atoms with Gasteiger partial charge >= 0.3 is 6.09 Å². The Bertz CT molecular complexity index is 274. The Labute approximate surface area is 77.1 Å². The molecule has 13 heavy (non-hydrogen) atoms.